The summed E-state index contributed by atoms with van der Waals surface area (Å²) in [5.74, 6) is -0.840. The molecule has 6 heteroatoms. The first-order chi connectivity index (χ1) is 35.5. The minimum absolute atomic E-state index is 0.0618. The van der Waals surface area contributed by atoms with Gasteiger partial charge in [-0.25, -0.2) is 0 Å². The minimum Gasteiger partial charge on any atom is -0.462 e. The second kappa shape index (κ2) is 62.0. The number of ether oxygens (including phenoxy) is 3. The van der Waals surface area contributed by atoms with Gasteiger partial charge in [-0.3, -0.25) is 14.4 Å². The predicted molar refractivity (Wildman–Crippen MR) is 312 cm³/mol. The molecule has 428 valence electrons. The van der Waals surface area contributed by atoms with Gasteiger partial charge in [0.05, 0.1) is 0 Å². The fourth-order valence-electron chi connectivity index (χ4n) is 10.4. The van der Waals surface area contributed by atoms with Crippen molar-refractivity contribution in [1.82, 2.24) is 0 Å². The molecule has 0 aromatic rings. The van der Waals surface area contributed by atoms with Crippen LogP contribution in [-0.4, -0.2) is 37.2 Å². The lowest BCUT2D eigenvalue weighted by Crippen LogP contribution is -2.30. The van der Waals surface area contributed by atoms with E-state index in [1.807, 2.05) is 0 Å². The summed E-state index contributed by atoms with van der Waals surface area (Å²) >= 11 is 0. The number of carbonyl (C=O) groups is 3. The van der Waals surface area contributed by atoms with Gasteiger partial charge in [-0.2, -0.15) is 0 Å². The normalized spacial score (nSPS) is 11.9. The smallest absolute Gasteiger partial charge is 0.306 e. The van der Waals surface area contributed by atoms with E-state index in [0.717, 1.165) is 57.8 Å². The van der Waals surface area contributed by atoms with Gasteiger partial charge in [0.2, 0.25) is 0 Å². The van der Waals surface area contributed by atoms with Crippen molar-refractivity contribution in [3.8, 4) is 0 Å². The van der Waals surface area contributed by atoms with E-state index in [9.17, 15) is 14.4 Å². The summed E-state index contributed by atoms with van der Waals surface area (Å²) < 4.78 is 16.8. The zero-order valence-electron chi connectivity index (χ0n) is 49.2. The van der Waals surface area contributed by atoms with Crippen LogP contribution < -0.4 is 0 Å². The summed E-state index contributed by atoms with van der Waals surface area (Å²) in [6.45, 7) is 6.67. The number of hydrogen-bond acceptors (Lipinski definition) is 6. The molecule has 0 aromatic heterocycles. The Morgan fingerprint density at radius 1 is 0.222 bits per heavy atom. The number of rotatable bonds is 62. The van der Waals surface area contributed by atoms with Crippen molar-refractivity contribution in [2.75, 3.05) is 13.2 Å². The van der Waals surface area contributed by atoms with Gasteiger partial charge in [0, 0.05) is 19.3 Å². The number of unbranched alkanes of at least 4 members (excludes halogenated alkanes) is 51. The van der Waals surface area contributed by atoms with Crippen LogP contribution >= 0.6 is 0 Å². The van der Waals surface area contributed by atoms with Crippen LogP contribution in [0, 0.1) is 0 Å². The summed E-state index contributed by atoms with van der Waals surface area (Å²) in [4.78, 5) is 38.0. The third-order valence-corrected chi connectivity index (χ3v) is 15.4. The van der Waals surface area contributed by atoms with Gasteiger partial charge >= 0.3 is 17.9 Å². The van der Waals surface area contributed by atoms with E-state index in [0.29, 0.717) is 19.3 Å². The van der Waals surface area contributed by atoms with Crippen LogP contribution in [-0.2, 0) is 28.6 Å². The van der Waals surface area contributed by atoms with Crippen molar-refractivity contribution in [3.63, 3.8) is 0 Å². The van der Waals surface area contributed by atoms with Crippen molar-refractivity contribution < 1.29 is 28.6 Å². The van der Waals surface area contributed by atoms with Gasteiger partial charge in [0.15, 0.2) is 6.10 Å². The molecule has 0 aliphatic heterocycles. The molecule has 0 fully saturated rings. The Bertz CT molecular complexity index is 1080. The topological polar surface area (TPSA) is 78.9 Å². The van der Waals surface area contributed by atoms with Crippen LogP contribution in [0.15, 0.2) is 0 Å². The summed E-state index contributed by atoms with van der Waals surface area (Å²) in [6.07, 6.45) is 71.6. The van der Waals surface area contributed by atoms with Crippen molar-refractivity contribution in [2.45, 2.75) is 393 Å². The van der Waals surface area contributed by atoms with Crippen LogP contribution in [0.4, 0.5) is 0 Å². The molecule has 0 aliphatic rings. The molecule has 0 rings (SSSR count). The fraction of sp³-hybridized carbons (Fsp3) is 0.955. The Morgan fingerprint density at radius 3 is 0.556 bits per heavy atom. The highest BCUT2D eigenvalue weighted by Crippen LogP contribution is 2.19. The van der Waals surface area contributed by atoms with Gasteiger partial charge in [0.25, 0.3) is 0 Å². The highest BCUT2D eigenvalue weighted by molar-refractivity contribution is 5.71. The first-order valence-corrected chi connectivity index (χ1v) is 33.0. The first kappa shape index (κ1) is 70.4. The number of esters is 3. The average molecular weight is 1020 g/mol. The van der Waals surface area contributed by atoms with Gasteiger partial charge < -0.3 is 14.2 Å². The summed E-state index contributed by atoms with van der Waals surface area (Å²) in [6, 6.07) is 0. The Kier molecular flexibility index (Phi) is 60.6. The fourth-order valence-corrected chi connectivity index (χ4v) is 10.4. The van der Waals surface area contributed by atoms with Crippen LogP contribution in [0.25, 0.3) is 0 Å². The van der Waals surface area contributed by atoms with E-state index in [1.165, 1.54) is 289 Å². The van der Waals surface area contributed by atoms with Crippen LogP contribution in [0.2, 0.25) is 0 Å². The SMILES string of the molecule is CCCCCCCCCCCCCCCCCCCCCCCCCCCC(=O)OCC(COC(=O)CCCCCCCC)OC(=O)CCCCCCCCCCCCCCCCCCCCCCCCC. The average Bonchev–Trinajstić information content (AvgIpc) is 3.38. The molecule has 0 N–H and O–H groups in total. The maximum absolute atomic E-state index is 12.8. The molecule has 0 spiro atoms. The minimum atomic E-state index is -0.761. The van der Waals surface area contributed by atoms with Crippen molar-refractivity contribution >= 4 is 17.9 Å². The van der Waals surface area contributed by atoms with E-state index < -0.39 is 6.10 Å². The molecular weight excluding hydrogens is 889 g/mol. The highest BCUT2D eigenvalue weighted by atomic mass is 16.6. The molecule has 1 atom stereocenters. The second-order valence-corrected chi connectivity index (χ2v) is 22.8. The zero-order valence-corrected chi connectivity index (χ0v) is 49.2. The van der Waals surface area contributed by atoms with E-state index >= 15 is 0 Å². The standard InChI is InChI=1S/C66H128O6/c1-4-7-10-13-16-18-20-22-24-26-28-30-32-33-35-36-38-40-42-44-46-48-50-53-56-59-65(68)71-62-63(61-70-64(67)58-55-52-15-12-9-6-3)72-66(69)60-57-54-51-49-47-45-43-41-39-37-34-31-29-27-25-23-21-19-17-14-11-8-5-2/h63H,4-62H2,1-3H3. The molecule has 6 nitrogen and oxygen atoms in total. The number of carbonyl (C=O) groups excluding carboxylic acids is 3. The predicted octanol–water partition coefficient (Wildman–Crippen LogP) is 22.3. The van der Waals surface area contributed by atoms with Gasteiger partial charge in [-0.15, -0.1) is 0 Å². The van der Waals surface area contributed by atoms with Gasteiger partial charge in [-0.1, -0.05) is 348 Å². The van der Waals surface area contributed by atoms with Crippen LogP contribution in [0.3, 0.4) is 0 Å². The van der Waals surface area contributed by atoms with Crippen molar-refractivity contribution in [3.05, 3.63) is 0 Å². The second-order valence-electron chi connectivity index (χ2n) is 22.8. The van der Waals surface area contributed by atoms with E-state index in [-0.39, 0.29) is 31.1 Å². The molecule has 0 amide bonds. The Balaban J connectivity index is 3.99. The van der Waals surface area contributed by atoms with Crippen LogP contribution in [0.1, 0.15) is 387 Å². The molecule has 0 bridgehead atoms. The van der Waals surface area contributed by atoms with Crippen molar-refractivity contribution in [1.29, 1.82) is 0 Å². The molecule has 0 saturated heterocycles. The maximum Gasteiger partial charge on any atom is 0.306 e. The zero-order chi connectivity index (χ0) is 52.2. The molecule has 0 radical (unpaired) electrons. The van der Waals surface area contributed by atoms with E-state index in [1.54, 1.807) is 0 Å². The summed E-state index contributed by atoms with van der Waals surface area (Å²) in [5, 5.41) is 0. The lowest BCUT2D eigenvalue weighted by atomic mass is 10.0. The van der Waals surface area contributed by atoms with Crippen LogP contribution in [0.5, 0.6) is 0 Å². The Hall–Kier alpha value is -1.59. The molecule has 0 heterocycles. The monoisotopic (exact) mass is 1020 g/mol. The van der Waals surface area contributed by atoms with Gasteiger partial charge in [-0.05, 0) is 19.3 Å². The maximum atomic E-state index is 12.8. The molecular formula is C66H128O6. The van der Waals surface area contributed by atoms with E-state index in [4.69, 9.17) is 14.2 Å². The molecule has 72 heavy (non-hydrogen) atoms. The number of hydrogen-bond donors (Lipinski definition) is 0. The Morgan fingerprint density at radius 2 is 0.375 bits per heavy atom. The lowest BCUT2D eigenvalue weighted by molar-refractivity contribution is -0.167. The molecule has 0 saturated carbocycles. The highest BCUT2D eigenvalue weighted by Gasteiger charge is 2.19. The quantitative estimate of drug-likeness (QED) is 0.0343. The first-order valence-electron chi connectivity index (χ1n) is 33.0. The summed E-state index contributed by atoms with van der Waals surface area (Å²) in [7, 11) is 0. The Labute approximate surface area is 450 Å². The largest absolute Gasteiger partial charge is 0.462 e. The van der Waals surface area contributed by atoms with E-state index in [2.05, 4.69) is 20.8 Å². The lowest BCUT2D eigenvalue weighted by Gasteiger charge is -2.18. The molecule has 1 unspecified atom stereocenters. The molecule has 0 aliphatic carbocycles. The third-order valence-electron chi connectivity index (χ3n) is 15.4. The van der Waals surface area contributed by atoms with Crippen molar-refractivity contribution in [2.24, 2.45) is 0 Å². The molecule has 0 aromatic carbocycles. The summed E-state index contributed by atoms with van der Waals surface area (Å²) in [5.41, 5.74) is 0. The third kappa shape index (κ3) is 59.3. The van der Waals surface area contributed by atoms with Gasteiger partial charge in [0.1, 0.15) is 13.2 Å².